The molecule has 0 saturated heterocycles. The molecule has 0 bridgehead atoms. The molecule has 0 fully saturated rings. The van der Waals surface area contributed by atoms with Crippen LogP contribution in [0.5, 0.6) is 0 Å². The smallest absolute Gasteiger partial charge is 0.248 e. The molecule has 0 aliphatic carbocycles. The summed E-state index contributed by atoms with van der Waals surface area (Å²) >= 11 is 6.10. The van der Waals surface area contributed by atoms with Crippen molar-refractivity contribution in [3.63, 3.8) is 0 Å². The molecular formula is C21H23ClN2O. The quantitative estimate of drug-likeness (QED) is 0.809. The van der Waals surface area contributed by atoms with Gasteiger partial charge in [-0.15, -0.1) is 0 Å². The number of hydrogen-bond donors (Lipinski definition) is 1. The van der Waals surface area contributed by atoms with E-state index in [0.717, 1.165) is 24.3 Å². The fourth-order valence-electron chi connectivity index (χ4n) is 3.53. The molecule has 0 radical (unpaired) electrons. The third-order valence-corrected chi connectivity index (χ3v) is 4.87. The Balaban J connectivity index is 1.74. The molecule has 1 aliphatic rings. The highest BCUT2D eigenvalue weighted by Gasteiger charge is 2.30. The van der Waals surface area contributed by atoms with E-state index in [-0.39, 0.29) is 11.3 Å². The molecule has 0 saturated carbocycles. The average molecular weight is 355 g/mol. The summed E-state index contributed by atoms with van der Waals surface area (Å²) in [6, 6.07) is 13.6. The second-order valence-corrected chi connectivity index (χ2v) is 7.68. The van der Waals surface area contributed by atoms with Crippen LogP contribution in [0.15, 0.2) is 48.5 Å². The maximum absolute atomic E-state index is 12.2. The van der Waals surface area contributed by atoms with Gasteiger partial charge in [-0.1, -0.05) is 49.7 Å². The minimum atomic E-state index is -0.164. The predicted octanol–water partition coefficient (Wildman–Crippen LogP) is 4.71. The zero-order valence-electron chi connectivity index (χ0n) is 14.8. The Morgan fingerprint density at radius 1 is 1.24 bits per heavy atom. The monoisotopic (exact) mass is 354 g/mol. The molecule has 3 rings (SSSR count). The SMILES string of the molecule is CN1Cc2cc(NC(=O)/C=C/c3ccccc3Cl)ccc2C(C)(C)C1. The van der Waals surface area contributed by atoms with Crippen LogP contribution in [0.4, 0.5) is 5.69 Å². The van der Waals surface area contributed by atoms with Gasteiger partial charge in [-0.3, -0.25) is 4.79 Å². The highest BCUT2D eigenvalue weighted by atomic mass is 35.5. The summed E-state index contributed by atoms with van der Waals surface area (Å²) in [6.07, 6.45) is 3.24. The first-order chi connectivity index (χ1) is 11.8. The number of halogens is 1. The molecule has 4 heteroatoms. The van der Waals surface area contributed by atoms with Crippen LogP contribution in [0.1, 0.15) is 30.5 Å². The number of anilines is 1. The lowest BCUT2D eigenvalue weighted by atomic mass is 9.78. The normalized spacial score (nSPS) is 16.6. The maximum atomic E-state index is 12.2. The summed E-state index contributed by atoms with van der Waals surface area (Å²) in [5.41, 5.74) is 4.39. The van der Waals surface area contributed by atoms with Crippen LogP contribution in [0, 0.1) is 0 Å². The zero-order valence-corrected chi connectivity index (χ0v) is 15.6. The van der Waals surface area contributed by atoms with E-state index in [1.165, 1.54) is 17.2 Å². The van der Waals surface area contributed by atoms with E-state index in [0.29, 0.717) is 5.02 Å². The third kappa shape index (κ3) is 4.12. The molecule has 0 unspecified atom stereocenters. The molecule has 1 aliphatic heterocycles. The topological polar surface area (TPSA) is 32.3 Å². The van der Waals surface area contributed by atoms with Gasteiger partial charge in [0, 0.05) is 35.3 Å². The largest absolute Gasteiger partial charge is 0.323 e. The van der Waals surface area contributed by atoms with Crippen LogP contribution < -0.4 is 5.32 Å². The number of carbonyl (C=O) groups is 1. The van der Waals surface area contributed by atoms with Crippen LogP contribution >= 0.6 is 11.6 Å². The molecule has 25 heavy (non-hydrogen) atoms. The van der Waals surface area contributed by atoms with E-state index in [9.17, 15) is 4.79 Å². The zero-order chi connectivity index (χ0) is 18.0. The van der Waals surface area contributed by atoms with E-state index in [1.54, 1.807) is 12.1 Å². The second-order valence-electron chi connectivity index (χ2n) is 7.27. The van der Waals surface area contributed by atoms with Gasteiger partial charge in [0.25, 0.3) is 0 Å². The summed E-state index contributed by atoms with van der Waals surface area (Å²) < 4.78 is 0. The van der Waals surface area contributed by atoms with Crippen LogP contribution in [-0.2, 0) is 16.8 Å². The number of nitrogens with one attached hydrogen (secondary N) is 1. The number of benzene rings is 2. The predicted molar refractivity (Wildman–Crippen MR) is 105 cm³/mol. The highest BCUT2D eigenvalue weighted by molar-refractivity contribution is 6.32. The lowest BCUT2D eigenvalue weighted by molar-refractivity contribution is -0.111. The summed E-state index contributed by atoms with van der Waals surface area (Å²) in [4.78, 5) is 14.5. The molecule has 0 atom stereocenters. The van der Waals surface area contributed by atoms with Crippen LogP contribution in [-0.4, -0.2) is 24.4 Å². The number of rotatable bonds is 3. The van der Waals surface area contributed by atoms with Crippen LogP contribution in [0.2, 0.25) is 5.02 Å². The molecule has 0 aromatic heterocycles. The van der Waals surface area contributed by atoms with Crippen molar-refractivity contribution in [3.05, 3.63) is 70.3 Å². The van der Waals surface area contributed by atoms with E-state index in [2.05, 4.69) is 43.2 Å². The fourth-order valence-corrected chi connectivity index (χ4v) is 3.73. The van der Waals surface area contributed by atoms with Gasteiger partial charge in [-0.25, -0.2) is 0 Å². The first kappa shape index (κ1) is 17.7. The van der Waals surface area contributed by atoms with Gasteiger partial charge in [-0.05, 0) is 48.0 Å². The maximum Gasteiger partial charge on any atom is 0.248 e. The first-order valence-electron chi connectivity index (χ1n) is 8.41. The van der Waals surface area contributed by atoms with Gasteiger partial charge in [-0.2, -0.15) is 0 Å². The lowest BCUT2D eigenvalue weighted by Gasteiger charge is -2.38. The summed E-state index contributed by atoms with van der Waals surface area (Å²) in [5, 5.41) is 3.57. The number of carbonyl (C=O) groups excluding carboxylic acids is 1. The van der Waals surface area contributed by atoms with Crippen molar-refractivity contribution in [1.82, 2.24) is 4.90 Å². The van der Waals surface area contributed by atoms with Gasteiger partial charge in [0.1, 0.15) is 0 Å². The van der Waals surface area contributed by atoms with Crippen molar-refractivity contribution in [2.45, 2.75) is 25.8 Å². The summed E-state index contributed by atoms with van der Waals surface area (Å²) in [6.45, 7) is 6.45. The van der Waals surface area contributed by atoms with Crippen molar-refractivity contribution in [2.75, 3.05) is 18.9 Å². The molecule has 1 amide bonds. The number of amides is 1. The molecular weight excluding hydrogens is 332 g/mol. The summed E-state index contributed by atoms with van der Waals surface area (Å²) in [7, 11) is 2.13. The van der Waals surface area contributed by atoms with E-state index < -0.39 is 0 Å². The average Bonchev–Trinajstić information content (AvgIpc) is 2.52. The molecule has 1 N–H and O–H groups in total. The molecule has 2 aromatic rings. The van der Waals surface area contributed by atoms with Crippen molar-refractivity contribution >= 4 is 29.3 Å². The van der Waals surface area contributed by atoms with Crippen LogP contribution in [0.3, 0.4) is 0 Å². The molecule has 2 aromatic carbocycles. The molecule has 3 nitrogen and oxygen atoms in total. The standard InChI is InChI=1S/C21H23ClN2O/c1-21(2)14-24(3)13-16-12-17(9-10-18(16)21)23-20(25)11-8-15-6-4-5-7-19(15)22/h4-12H,13-14H2,1-3H3,(H,23,25)/b11-8+. The van der Waals surface area contributed by atoms with Gasteiger partial charge in [0.05, 0.1) is 0 Å². The Kier molecular flexibility index (Phi) is 4.98. The Labute approximate surface area is 154 Å². The highest BCUT2D eigenvalue weighted by Crippen LogP contribution is 2.34. The third-order valence-electron chi connectivity index (χ3n) is 4.53. The molecule has 130 valence electrons. The molecule has 0 spiro atoms. The van der Waals surface area contributed by atoms with Crippen molar-refractivity contribution in [1.29, 1.82) is 0 Å². The number of likely N-dealkylation sites (N-methyl/N-ethyl adjacent to an activating group) is 1. The number of fused-ring (bicyclic) bond motifs is 1. The Morgan fingerprint density at radius 3 is 2.76 bits per heavy atom. The first-order valence-corrected chi connectivity index (χ1v) is 8.78. The van der Waals surface area contributed by atoms with Crippen LogP contribution in [0.25, 0.3) is 6.08 Å². The van der Waals surface area contributed by atoms with E-state index in [4.69, 9.17) is 11.6 Å². The number of nitrogens with zero attached hydrogens (tertiary/aromatic N) is 1. The van der Waals surface area contributed by atoms with E-state index >= 15 is 0 Å². The van der Waals surface area contributed by atoms with Crippen molar-refractivity contribution in [3.8, 4) is 0 Å². The lowest BCUT2D eigenvalue weighted by Crippen LogP contribution is -2.39. The Morgan fingerprint density at radius 2 is 2.00 bits per heavy atom. The van der Waals surface area contributed by atoms with Gasteiger partial charge >= 0.3 is 0 Å². The minimum absolute atomic E-state index is 0.120. The summed E-state index contributed by atoms with van der Waals surface area (Å²) in [5.74, 6) is -0.164. The van der Waals surface area contributed by atoms with Gasteiger partial charge in [0.15, 0.2) is 0 Å². The van der Waals surface area contributed by atoms with Crippen molar-refractivity contribution in [2.24, 2.45) is 0 Å². The van der Waals surface area contributed by atoms with Gasteiger partial charge in [0.2, 0.25) is 5.91 Å². The Bertz CT molecular complexity index is 826. The minimum Gasteiger partial charge on any atom is -0.323 e. The number of hydrogen-bond acceptors (Lipinski definition) is 2. The Hall–Kier alpha value is -2.10. The van der Waals surface area contributed by atoms with Crippen molar-refractivity contribution < 1.29 is 4.79 Å². The fraction of sp³-hybridized carbons (Fsp3) is 0.286. The molecule has 1 heterocycles. The van der Waals surface area contributed by atoms with E-state index in [1.807, 2.05) is 24.3 Å². The second kappa shape index (κ2) is 7.03. The van der Waals surface area contributed by atoms with Gasteiger partial charge < -0.3 is 10.2 Å².